The number of pyridine rings is 1. The highest BCUT2D eigenvalue weighted by atomic mass is 16.3. The average molecular weight is 190 g/mol. The summed E-state index contributed by atoms with van der Waals surface area (Å²) in [7, 11) is 0. The van der Waals surface area contributed by atoms with Gasteiger partial charge < -0.3 is 15.1 Å². The van der Waals surface area contributed by atoms with Crippen LogP contribution in [0.1, 0.15) is 5.56 Å². The molecule has 0 fully saturated rings. The molecule has 0 aliphatic carbocycles. The fourth-order valence-corrected chi connectivity index (χ4v) is 1.25. The summed E-state index contributed by atoms with van der Waals surface area (Å²) >= 11 is 0. The molecule has 0 atom stereocenters. The maximum Gasteiger partial charge on any atom is 0.252 e. The third-order valence-corrected chi connectivity index (χ3v) is 2.04. The van der Waals surface area contributed by atoms with E-state index in [-0.39, 0.29) is 12.1 Å². The summed E-state index contributed by atoms with van der Waals surface area (Å²) < 4.78 is 4.92. The van der Waals surface area contributed by atoms with Gasteiger partial charge in [0.05, 0.1) is 18.2 Å². The smallest absolute Gasteiger partial charge is 0.252 e. The molecule has 4 heteroatoms. The van der Waals surface area contributed by atoms with Crippen molar-refractivity contribution in [2.24, 2.45) is 5.73 Å². The molecule has 0 amide bonds. The quantitative estimate of drug-likeness (QED) is 0.744. The summed E-state index contributed by atoms with van der Waals surface area (Å²) in [5, 5.41) is 0. The number of aromatic amines is 1. The molecule has 72 valence electrons. The SMILES string of the molecule is NCc1ccc(-c2ccoc2)[nH]c1=O. The molecule has 0 aliphatic rings. The van der Waals surface area contributed by atoms with E-state index in [1.807, 2.05) is 6.07 Å². The summed E-state index contributed by atoms with van der Waals surface area (Å²) in [6.45, 7) is 0.251. The van der Waals surface area contributed by atoms with E-state index in [0.717, 1.165) is 11.3 Å². The maximum atomic E-state index is 11.4. The van der Waals surface area contributed by atoms with Crippen LogP contribution in [0.15, 0.2) is 39.9 Å². The zero-order chi connectivity index (χ0) is 9.97. The van der Waals surface area contributed by atoms with E-state index in [4.69, 9.17) is 10.2 Å². The molecule has 0 bridgehead atoms. The molecule has 2 aromatic rings. The number of aromatic nitrogens is 1. The molecule has 3 N–H and O–H groups in total. The molecule has 0 radical (unpaired) electrons. The lowest BCUT2D eigenvalue weighted by Crippen LogP contribution is -2.15. The van der Waals surface area contributed by atoms with E-state index in [9.17, 15) is 4.79 Å². The van der Waals surface area contributed by atoms with Crippen LogP contribution in [0.4, 0.5) is 0 Å². The number of nitrogens with two attached hydrogens (primary N) is 1. The standard InChI is InChI=1S/C10H10N2O2/c11-5-7-1-2-9(12-10(7)13)8-3-4-14-6-8/h1-4,6H,5,11H2,(H,12,13). The molecule has 0 saturated carbocycles. The van der Waals surface area contributed by atoms with Gasteiger partial charge in [-0.3, -0.25) is 4.79 Å². The van der Waals surface area contributed by atoms with Crippen LogP contribution in [0.25, 0.3) is 11.3 Å². The van der Waals surface area contributed by atoms with Gasteiger partial charge in [-0.25, -0.2) is 0 Å². The Hall–Kier alpha value is -1.81. The van der Waals surface area contributed by atoms with Crippen molar-refractivity contribution in [3.05, 3.63) is 46.6 Å². The van der Waals surface area contributed by atoms with Gasteiger partial charge in [0.2, 0.25) is 0 Å². The molecular formula is C10H10N2O2. The summed E-state index contributed by atoms with van der Waals surface area (Å²) in [5.41, 5.74) is 7.40. The number of rotatable bonds is 2. The van der Waals surface area contributed by atoms with Gasteiger partial charge in [0.25, 0.3) is 5.56 Å². The Morgan fingerprint density at radius 2 is 2.21 bits per heavy atom. The number of hydrogen-bond donors (Lipinski definition) is 2. The van der Waals surface area contributed by atoms with Gasteiger partial charge in [0.1, 0.15) is 0 Å². The van der Waals surface area contributed by atoms with Crippen molar-refractivity contribution in [2.75, 3.05) is 0 Å². The van der Waals surface area contributed by atoms with Crippen LogP contribution < -0.4 is 11.3 Å². The van der Waals surface area contributed by atoms with Gasteiger partial charge in [-0.1, -0.05) is 6.07 Å². The van der Waals surface area contributed by atoms with E-state index >= 15 is 0 Å². The first-order valence-electron chi connectivity index (χ1n) is 4.26. The van der Waals surface area contributed by atoms with E-state index in [0.29, 0.717) is 5.56 Å². The zero-order valence-electron chi connectivity index (χ0n) is 7.49. The van der Waals surface area contributed by atoms with Crippen molar-refractivity contribution < 1.29 is 4.42 Å². The van der Waals surface area contributed by atoms with Gasteiger partial charge in [0.15, 0.2) is 0 Å². The first-order chi connectivity index (χ1) is 6.81. The Morgan fingerprint density at radius 3 is 2.79 bits per heavy atom. The van der Waals surface area contributed by atoms with E-state index in [1.165, 1.54) is 0 Å². The second kappa shape index (κ2) is 3.51. The molecule has 4 nitrogen and oxygen atoms in total. The minimum Gasteiger partial charge on any atom is -0.472 e. The Labute approximate surface area is 80.4 Å². The molecule has 0 saturated heterocycles. The van der Waals surface area contributed by atoms with Crippen molar-refractivity contribution in [3.8, 4) is 11.3 Å². The fraction of sp³-hybridized carbons (Fsp3) is 0.100. The summed E-state index contributed by atoms with van der Waals surface area (Å²) in [6, 6.07) is 5.32. The number of H-pyrrole nitrogens is 1. The molecular weight excluding hydrogens is 180 g/mol. The summed E-state index contributed by atoms with van der Waals surface area (Å²) in [5.74, 6) is 0. The monoisotopic (exact) mass is 190 g/mol. The van der Waals surface area contributed by atoms with Gasteiger partial charge in [-0.15, -0.1) is 0 Å². The highest BCUT2D eigenvalue weighted by Gasteiger charge is 2.02. The van der Waals surface area contributed by atoms with Gasteiger partial charge in [-0.05, 0) is 12.1 Å². The lowest BCUT2D eigenvalue weighted by Gasteiger charge is -1.98. The minimum atomic E-state index is -0.147. The van der Waals surface area contributed by atoms with Crippen LogP contribution in [0.3, 0.4) is 0 Å². The van der Waals surface area contributed by atoms with E-state index in [1.54, 1.807) is 24.7 Å². The number of hydrogen-bond acceptors (Lipinski definition) is 3. The fourth-order valence-electron chi connectivity index (χ4n) is 1.25. The second-order valence-electron chi connectivity index (χ2n) is 2.94. The number of nitrogens with one attached hydrogen (secondary N) is 1. The predicted octanol–water partition coefficient (Wildman–Crippen LogP) is 1.09. The van der Waals surface area contributed by atoms with Crippen LogP contribution >= 0.6 is 0 Å². The van der Waals surface area contributed by atoms with Crippen molar-refractivity contribution in [2.45, 2.75) is 6.54 Å². The van der Waals surface area contributed by atoms with Crippen molar-refractivity contribution >= 4 is 0 Å². The van der Waals surface area contributed by atoms with Gasteiger partial charge in [-0.2, -0.15) is 0 Å². The molecule has 2 aromatic heterocycles. The highest BCUT2D eigenvalue weighted by Crippen LogP contribution is 2.15. The first kappa shape index (κ1) is 8.77. The van der Waals surface area contributed by atoms with Gasteiger partial charge >= 0.3 is 0 Å². The minimum absolute atomic E-state index is 0.147. The Balaban J connectivity index is 2.48. The lowest BCUT2D eigenvalue weighted by molar-refractivity contribution is 0.568. The second-order valence-corrected chi connectivity index (χ2v) is 2.94. The third-order valence-electron chi connectivity index (χ3n) is 2.04. The van der Waals surface area contributed by atoms with Gasteiger partial charge in [0, 0.05) is 17.7 Å². The third kappa shape index (κ3) is 1.47. The molecule has 0 aromatic carbocycles. The summed E-state index contributed by atoms with van der Waals surface area (Å²) in [6.07, 6.45) is 3.14. The average Bonchev–Trinajstić information content (AvgIpc) is 2.70. The predicted molar refractivity (Wildman–Crippen MR) is 52.7 cm³/mol. The molecule has 2 rings (SSSR count). The molecule has 0 aliphatic heterocycles. The molecule has 0 spiro atoms. The Bertz CT molecular complexity index is 471. The largest absolute Gasteiger partial charge is 0.472 e. The molecule has 0 unspecified atom stereocenters. The maximum absolute atomic E-state index is 11.4. The number of furan rings is 1. The van der Waals surface area contributed by atoms with Crippen LogP contribution in [0, 0.1) is 0 Å². The van der Waals surface area contributed by atoms with E-state index < -0.39 is 0 Å². The van der Waals surface area contributed by atoms with E-state index in [2.05, 4.69) is 4.98 Å². The molecule has 14 heavy (non-hydrogen) atoms. The normalized spacial score (nSPS) is 10.4. The zero-order valence-corrected chi connectivity index (χ0v) is 7.49. The Kier molecular flexibility index (Phi) is 2.20. The first-order valence-corrected chi connectivity index (χ1v) is 4.26. The Morgan fingerprint density at radius 1 is 1.36 bits per heavy atom. The van der Waals surface area contributed by atoms with Crippen LogP contribution in [-0.4, -0.2) is 4.98 Å². The summed E-state index contributed by atoms with van der Waals surface area (Å²) in [4.78, 5) is 14.1. The highest BCUT2D eigenvalue weighted by molar-refractivity contribution is 5.56. The lowest BCUT2D eigenvalue weighted by atomic mass is 10.2. The van der Waals surface area contributed by atoms with Crippen LogP contribution in [-0.2, 0) is 6.54 Å². The van der Waals surface area contributed by atoms with Crippen LogP contribution in [0.2, 0.25) is 0 Å². The van der Waals surface area contributed by atoms with Crippen molar-refractivity contribution in [3.63, 3.8) is 0 Å². The van der Waals surface area contributed by atoms with Crippen molar-refractivity contribution in [1.29, 1.82) is 0 Å². The topological polar surface area (TPSA) is 72.0 Å². The van der Waals surface area contributed by atoms with Crippen molar-refractivity contribution in [1.82, 2.24) is 4.98 Å². The molecule has 2 heterocycles. The van der Waals surface area contributed by atoms with Crippen LogP contribution in [0.5, 0.6) is 0 Å².